The third-order valence-corrected chi connectivity index (χ3v) is 9.01. The van der Waals surface area contributed by atoms with Gasteiger partial charge in [-0.15, -0.1) is 0 Å². The number of ether oxygens (including phenoxy) is 3. The minimum Gasteiger partial charge on any atom is -0.461 e. The Bertz CT molecular complexity index is 872. The lowest BCUT2D eigenvalue weighted by Gasteiger charge is -2.62. The molecule has 1 aromatic rings. The summed E-state index contributed by atoms with van der Waals surface area (Å²) < 4.78 is 18.8. The molecular weight excluding hydrogens is 428 g/mol. The average molecular weight is 471 g/mol. The first kappa shape index (κ1) is 25.4. The van der Waals surface area contributed by atoms with E-state index in [4.69, 9.17) is 14.2 Å². The molecule has 0 aromatic heterocycles. The monoisotopic (exact) mass is 470 g/mol. The Kier molecular flexibility index (Phi) is 7.26. The van der Waals surface area contributed by atoms with Crippen molar-refractivity contribution < 1.29 is 23.8 Å². The van der Waals surface area contributed by atoms with Crippen LogP contribution in [0.4, 0.5) is 0 Å². The predicted molar refractivity (Wildman–Crippen MR) is 131 cm³/mol. The minimum absolute atomic E-state index is 0.137. The zero-order valence-corrected chi connectivity index (χ0v) is 21.6. The van der Waals surface area contributed by atoms with Crippen molar-refractivity contribution in [1.82, 2.24) is 0 Å². The summed E-state index contributed by atoms with van der Waals surface area (Å²) in [4.78, 5) is 27.0. The SMILES string of the molecule is CCOC1(OCC)C[C@H]2C(=O)CCC[C@]21C(=O)O[C@H]1C[C@@H](C)CC[C@@H]1C(C)(C)c1ccccc1. The highest BCUT2D eigenvalue weighted by atomic mass is 16.7. The first-order valence-corrected chi connectivity index (χ1v) is 13.3. The van der Waals surface area contributed by atoms with E-state index in [0.29, 0.717) is 44.8 Å². The van der Waals surface area contributed by atoms with Gasteiger partial charge in [-0.05, 0) is 56.4 Å². The number of benzene rings is 1. The van der Waals surface area contributed by atoms with Crippen LogP contribution in [-0.2, 0) is 29.2 Å². The molecule has 3 saturated carbocycles. The second kappa shape index (κ2) is 9.73. The summed E-state index contributed by atoms with van der Waals surface area (Å²) >= 11 is 0. The van der Waals surface area contributed by atoms with Crippen LogP contribution in [0.1, 0.15) is 85.1 Å². The standard InChI is InChI=1S/C29H42O5/c1-6-32-29(33-7-2)19-23-24(30)14-11-17-28(23,29)26(31)34-25-18-20(3)15-16-22(25)27(4,5)21-12-9-8-10-13-21/h8-10,12-13,20,22-23,25H,6-7,11,14-19H2,1-5H3/t20-,22-,23-,25-,28+/m0/s1. The van der Waals surface area contributed by atoms with Crippen LogP contribution in [0.2, 0.25) is 0 Å². The number of ketones is 1. The van der Waals surface area contributed by atoms with Gasteiger partial charge in [-0.3, -0.25) is 9.59 Å². The molecule has 5 heteroatoms. The Morgan fingerprint density at radius 2 is 1.76 bits per heavy atom. The van der Waals surface area contributed by atoms with Gasteiger partial charge in [0.05, 0.1) is 0 Å². The second-order valence-corrected chi connectivity index (χ2v) is 11.2. The highest BCUT2D eigenvalue weighted by Crippen LogP contribution is 2.63. The number of carbonyl (C=O) groups excluding carboxylic acids is 2. The number of carbonyl (C=O) groups is 2. The van der Waals surface area contributed by atoms with Crippen molar-refractivity contribution in [2.75, 3.05) is 13.2 Å². The Hall–Kier alpha value is -1.72. The molecule has 1 aromatic carbocycles. The fourth-order valence-electron chi connectivity index (χ4n) is 7.12. The van der Waals surface area contributed by atoms with Crippen LogP contribution in [0.3, 0.4) is 0 Å². The van der Waals surface area contributed by atoms with Gasteiger partial charge in [0, 0.05) is 37.9 Å². The molecule has 0 heterocycles. The lowest BCUT2D eigenvalue weighted by molar-refractivity contribution is -0.364. The lowest BCUT2D eigenvalue weighted by Crippen LogP contribution is -2.73. The lowest BCUT2D eigenvalue weighted by atomic mass is 9.48. The number of esters is 1. The Morgan fingerprint density at radius 1 is 1.09 bits per heavy atom. The smallest absolute Gasteiger partial charge is 0.318 e. The fourth-order valence-corrected chi connectivity index (χ4v) is 7.12. The van der Waals surface area contributed by atoms with Crippen molar-refractivity contribution in [2.45, 2.75) is 96.9 Å². The quantitative estimate of drug-likeness (QED) is 0.353. The van der Waals surface area contributed by atoms with Gasteiger partial charge in [0.25, 0.3) is 0 Å². The predicted octanol–water partition coefficient (Wildman–Crippen LogP) is 5.84. The van der Waals surface area contributed by atoms with Crippen molar-refractivity contribution in [2.24, 2.45) is 23.2 Å². The first-order chi connectivity index (χ1) is 16.2. The molecule has 34 heavy (non-hydrogen) atoms. The molecule has 0 radical (unpaired) electrons. The molecule has 5 atom stereocenters. The summed E-state index contributed by atoms with van der Waals surface area (Å²) in [7, 11) is 0. The zero-order chi connectivity index (χ0) is 24.6. The molecule has 0 spiro atoms. The van der Waals surface area contributed by atoms with Crippen molar-refractivity contribution in [3.63, 3.8) is 0 Å². The number of hydrogen-bond acceptors (Lipinski definition) is 5. The number of rotatable bonds is 8. The maximum absolute atomic E-state index is 14.1. The third kappa shape index (κ3) is 4.03. The summed E-state index contributed by atoms with van der Waals surface area (Å²) in [6.07, 6.45) is 5.02. The molecule has 0 bridgehead atoms. The molecule has 0 N–H and O–H groups in total. The Labute approximate surface area is 204 Å². The van der Waals surface area contributed by atoms with E-state index in [0.717, 1.165) is 19.3 Å². The zero-order valence-electron chi connectivity index (χ0n) is 21.6. The van der Waals surface area contributed by atoms with Gasteiger partial charge in [-0.2, -0.15) is 0 Å². The van der Waals surface area contributed by atoms with E-state index in [2.05, 4.69) is 45.0 Å². The van der Waals surface area contributed by atoms with Crippen LogP contribution in [-0.4, -0.2) is 36.9 Å². The van der Waals surface area contributed by atoms with Crippen molar-refractivity contribution in [3.05, 3.63) is 35.9 Å². The largest absolute Gasteiger partial charge is 0.461 e. The fraction of sp³-hybridized carbons (Fsp3) is 0.724. The normalized spacial score (nSPS) is 33.0. The van der Waals surface area contributed by atoms with Crippen LogP contribution >= 0.6 is 0 Å². The van der Waals surface area contributed by atoms with E-state index in [-0.39, 0.29) is 35.1 Å². The first-order valence-electron chi connectivity index (χ1n) is 13.3. The van der Waals surface area contributed by atoms with E-state index in [1.807, 2.05) is 19.9 Å². The van der Waals surface area contributed by atoms with E-state index >= 15 is 0 Å². The summed E-state index contributed by atoms with van der Waals surface area (Å²) in [5, 5.41) is 0. The molecule has 0 aliphatic heterocycles. The van der Waals surface area contributed by atoms with Gasteiger partial charge in [-0.1, -0.05) is 57.5 Å². The van der Waals surface area contributed by atoms with E-state index in [9.17, 15) is 9.59 Å². The molecule has 3 fully saturated rings. The minimum atomic E-state index is -1.06. The maximum Gasteiger partial charge on any atom is 0.318 e. The highest BCUT2D eigenvalue weighted by Gasteiger charge is 2.75. The molecular formula is C29H42O5. The van der Waals surface area contributed by atoms with Crippen molar-refractivity contribution >= 4 is 11.8 Å². The van der Waals surface area contributed by atoms with Crippen LogP contribution in [0, 0.1) is 23.2 Å². The van der Waals surface area contributed by atoms with Crippen LogP contribution in [0.5, 0.6) is 0 Å². The van der Waals surface area contributed by atoms with Gasteiger partial charge >= 0.3 is 5.97 Å². The van der Waals surface area contributed by atoms with Crippen LogP contribution in [0.15, 0.2) is 30.3 Å². The highest BCUT2D eigenvalue weighted by molar-refractivity contribution is 5.93. The Balaban J connectivity index is 1.65. The van der Waals surface area contributed by atoms with Gasteiger partial charge in [0.1, 0.15) is 17.3 Å². The maximum atomic E-state index is 14.1. The van der Waals surface area contributed by atoms with E-state index < -0.39 is 11.2 Å². The third-order valence-electron chi connectivity index (χ3n) is 9.01. The molecule has 5 nitrogen and oxygen atoms in total. The molecule has 4 rings (SSSR count). The van der Waals surface area contributed by atoms with Crippen molar-refractivity contribution in [1.29, 1.82) is 0 Å². The molecule has 0 unspecified atom stereocenters. The average Bonchev–Trinajstić information content (AvgIpc) is 2.80. The number of fused-ring (bicyclic) bond motifs is 1. The van der Waals surface area contributed by atoms with Gasteiger partial charge in [-0.25, -0.2) is 0 Å². The second-order valence-electron chi connectivity index (χ2n) is 11.2. The molecule has 0 saturated heterocycles. The van der Waals surface area contributed by atoms with E-state index in [1.54, 1.807) is 0 Å². The van der Waals surface area contributed by atoms with Crippen molar-refractivity contribution in [3.8, 4) is 0 Å². The number of Topliss-reactive ketones (excluding diaryl/α,β-unsaturated/α-hetero) is 1. The van der Waals surface area contributed by atoms with Gasteiger partial charge < -0.3 is 14.2 Å². The van der Waals surface area contributed by atoms with Crippen LogP contribution < -0.4 is 0 Å². The molecule has 188 valence electrons. The summed E-state index contributed by atoms with van der Waals surface area (Å²) in [5.74, 6) is -0.861. The van der Waals surface area contributed by atoms with Gasteiger partial charge in [0.2, 0.25) is 0 Å². The molecule has 3 aliphatic rings. The van der Waals surface area contributed by atoms with E-state index in [1.165, 1.54) is 5.56 Å². The molecule has 3 aliphatic carbocycles. The topological polar surface area (TPSA) is 61.8 Å². The Morgan fingerprint density at radius 3 is 2.41 bits per heavy atom. The molecule has 0 amide bonds. The summed E-state index contributed by atoms with van der Waals surface area (Å²) in [5.41, 5.74) is 0.0971. The summed E-state index contributed by atoms with van der Waals surface area (Å²) in [6.45, 7) is 11.5. The number of hydrogen-bond donors (Lipinski definition) is 0. The van der Waals surface area contributed by atoms with Crippen LogP contribution in [0.25, 0.3) is 0 Å². The summed E-state index contributed by atoms with van der Waals surface area (Å²) in [6, 6.07) is 10.5. The van der Waals surface area contributed by atoms with Gasteiger partial charge in [0.15, 0.2) is 5.79 Å².